The Kier molecular flexibility index (Phi) is 10.1. The second-order valence-corrected chi connectivity index (χ2v) is 9.08. The summed E-state index contributed by atoms with van der Waals surface area (Å²) in [6.45, 7) is 8.23. The van der Waals surface area contributed by atoms with Gasteiger partial charge in [0.15, 0.2) is 0 Å². The summed E-state index contributed by atoms with van der Waals surface area (Å²) < 4.78 is 10.8. The van der Waals surface area contributed by atoms with Crippen molar-refractivity contribution in [2.45, 2.75) is 52.1 Å². The highest BCUT2D eigenvalue weighted by Gasteiger charge is 2.22. The second kappa shape index (κ2) is 12.5. The number of amides is 3. The van der Waals surface area contributed by atoms with Crippen LogP contribution in [0.3, 0.4) is 0 Å². The average molecular weight is 468 g/mol. The van der Waals surface area contributed by atoms with E-state index < -0.39 is 11.7 Å². The molecule has 1 aliphatic rings. The van der Waals surface area contributed by atoms with E-state index in [4.69, 9.17) is 21.1 Å². The van der Waals surface area contributed by atoms with E-state index in [9.17, 15) is 14.4 Å². The number of hydrogen-bond acceptors (Lipinski definition) is 5. The summed E-state index contributed by atoms with van der Waals surface area (Å²) in [4.78, 5) is 40.3. The molecule has 0 aliphatic carbocycles. The van der Waals surface area contributed by atoms with Gasteiger partial charge in [0.2, 0.25) is 11.8 Å². The van der Waals surface area contributed by atoms with E-state index in [1.54, 1.807) is 37.8 Å². The van der Waals surface area contributed by atoms with Gasteiger partial charge in [-0.05, 0) is 45.7 Å². The lowest BCUT2D eigenvalue weighted by Gasteiger charge is -2.23. The number of nitrogens with zero attached hydrogens (tertiary/aromatic N) is 2. The maximum Gasteiger partial charge on any atom is 0.407 e. The fourth-order valence-electron chi connectivity index (χ4n) is 3.29. The Labute approximate surface area is 195 Å². The van der Waals surface area contributed by atoms with Gasteiger partial charge in [-0.25, -0.2) is 4.79 Å². The van der Waals surface area contributed by atoms with Crippen molar-refractivity contribution in [1.82, 2.24) is 15.1 Å². The number of ether oxygens (including phenoxy) is 2. The molecule has 0 unspecified atom stereocenters. The summed E-state index contributed by atoms with van der Waals surface area (Å²) in [5, 5.41) is 3.16. The molecule has 0 spiro atoms. The lowest BCUT2D eigenvalue weighted by molar-refractivity contribution is -0.133. The Morgan fingerprint density at radius 1 is 1.00 bits per heavy atom. The van der Waals surface area contributed by atoms with E-state index in [0.29, 0.717) is 56.4 Å². The maximum absolute atomic E-state index is 12.5. The molecule has 0 saturated carbocycles. The number of nitrogens with one attached hydrogen (secondary N) is 1. The summed E-state index contributed by atoms with van der Waals surface area (Å²) in [7, 11) is 0. The molecule has 0 bridgehead atoms. The van der Waals surface area contributed by atoms with E-state index in [1.807, 2.05) is 17.0 Å². The van der Waals surface area contributed by atoms with Crippen LogP contribution in [0.2, 0.25) is 5.02 Å². The number of benzene rings is 1. The molecule has 32 heavy (non-hydrogen) atoms. The first-order valence-corrected chi connectivity index (χ1v) is 11.4. The van der Waals surface area contributed by atoms with Crippen LogP contribution in [0.15, 0.2) is 24.3 Å². The lowest BCUT2D eigenvalue weighted by atomic mass is 10.2. The van der Waals surface area contributed by atoms with Crippen LogP contribution < -0.4 is 10.1 Å². The minimum absolute atomic E-state index is 0.0384. The van der Waals surface area contributed by atoms with Gasteiger partial charge in [0.25, 0.3) is 0 Å². The molecule has 8 nitrogen and oxygen atoms in total. The molecule has 1 fully saturated rings. The molecule has 1 saturated heterocycles. The van der Waals surface area contributed by atoms with E-state index in [0.717, 1.165) is 6.42 Å². The minimum atomic E-state index is -0.574. The van der Waals surface area contributed by atoms with E-state index in [2.05, 4.69) is 5.32 Å². The van der Waals surface area contributed by atoms with Gasteiger partial charge in [-0.2, -0.15) is 0 Å². The van der Waals surface area contributed by atoms with Crippen LogP contribution in [0.4, 0.5) is 4.79 Å². The highest BCUT2D eigenvalue weighted by Crippen LogP contribution is 2.23. The summed E-state index contributed by atoms with van der Waals surface area (Å²) in [5.41, 5.74) is -0.574. The first kappa shape index (κ1) is 25.8. The maximum atomic E-state index is 12.5. The first-order valence-electron chi connectivity index (χ1n) is 11.1. The fraction of sp³-hybridized carbons (Fsp3) is 0.609. The van der Waals surface area contributed by atoms with Crippen molar-refractivity contribution in [1.29, 1.82) is 0 Å². The van der Waals surface area contributed by atoms with Crippen LogP contribution in [0, 0.1) is 0 Å². The molecule has 1 N–H and O–H groups in total. The van der Waals surface area contributed by atoms with Gasteiger partial charge < -0.3 is 24.6 Å². The summed E-state index contributed by atoms with van der Waals surface area (Å²) in [6.07, 6.45) is 1.38. The second-order valence-electron chi connectivity index (χ2n) is 8.68. The number of hydrogen-bond donors (Lipinski definition) is 1. The highest BCUT2D eigenvalue weighted by molar-refractivity contribution is 6.32. The zero-order valence-corrected chi connectivity index (χ0v) is 20.0. The number of halogens is 1. The Morgan fingerprint density at radius 3 is 2.25 bits per heavy atom. The number of rotatable bonds is 8. The van der Waals surface area contributed by atoms with Crippen molar-refractivity contribution in [3.8, 4) is 5.75 Å². The van der Waals surface area contributed by atoms with Gasteiger partial charge in [-0.1, -0.05) is 23.7 Å². The molecule has 9 heteroatoms. The first-order chi connectivity index (χ1) is 15.2. The summed E-state index contributed by atoms with van der Waals surface area (Å²) in [5.74, 6) is 0.642. The number of alkyl carbamates (subject to hydrolysis) is 1. The topological polar surface area (TPSA) is 88.2 Å². The van der Waals surface area contributed by atoms with Gasteiger partial charge in [0, 0.05) is 45.6 Å². The molecule has 3 amide bonds. The van der Waals surface area contributed by atoms with Crippen molar-refractivity contribution in [3.05, 3.63) is 29.3 Å². The van der Waals surface area contributed by atoms with Crippen molar-refractivity contribution in [2.75, 3.05) is 39.3 Å². The third-order valence-electron chi connectivity index (χ3n) is 4.84. The molecule has 178 valence electrons. The largest absolute Gasteiger partial charge is 0.492 e. The van der Waals surface area contributed by atoms with E-state index in [1.165, 1.54) is 0 Å². The normalized spacial score (nSPS) is 14.5. The Hall–Kier alpha value is -2.48. The Bertz CT molecular complexity index is 781. The zero-order valence-electron chi connectivity index (χ0n) is 19.2. The molecule has 1 heterocycles. The van der Waals surface area contributed by atoms with Gasteiger partial charge in [0.1, 0.15) is 11.4 Å². The van der Waals surface area contributed by atoms with E-state index >= 15 is 0 Å². The molecular formula is C23H34ClN3O5. The zero-order chi connectivity index (χ0) is 23.6. The summed E-state index contributed by atoms with van der Waals surface area (Å²) >= 11 is 6.06. The molecule has 2 rings (SSSR count). The lowest BCUT2D eigenvalue weighted by Crippen LogP contribution is -2.39. The molecular weight excluding hydrogens is 434 g/mol. The predicted octanol–water partition coefficient (Wildman–Crippen LogP) is 3.47. The monoisotopic (exact) mass is 467 g/mol. The predicted molar refractivity (Wildman–Crippen MR) is 123 cm³/mol. The van der Waals surface area contributed by atoms with Gasteiger partial charge in [0.05, 0.1) is 11.6 Å². The summed E-state index contributed by atoms with van der Waals surface area (Å²) in [6, 6.07) is 7.25. The SMILES string of the molecule is CC(C)(C)OC(=O)NCCC(=O)N1CCCN(C(=O)CCCOc2ccccc2Cl)CC1. The standard InChI is InChI=1S/C23H34ClN3O5/c1-23(2,3)32-22(30)25-12-11-21(29)27-14-7-13-26(15-16-27)20(28)10-6-17-31-19-9-5-4-8-18(19)24/h4-5,8-9H,6-7,10-17H2,1-3H3,(H,25,30). The molecule has 0 radical (unpaired) electrons. The number of carbonyl (C=O) groups is 3. The molecule has 1 aromatic rings. The van der Waals surface area contributed by atoms with Crippen molar-refractivity contribution in [3.63, 3.8) is 0 Å². The quantitative estimate of drug-likeness (QED) is 0.591. The Morgan fingerprint density at radius 2 is 1.62 bits per heavy atom. The number of para-hydroxylation sites is 1. The smallest absolute Gasteiger partial charge is 0.407 e. The minimum Gasteiger partial charge on any atom is -0.492 e. The number of carbonyl (C=O) groups excluding carboxylic acids is 3. The molecule has 0 aromatic heterocycles. The van der Waals surface area contributed by atoms with Gasteiger partial charge in [-0.3, -0.25) is 9.59 Å². The molecule has 0 atom stereocenters. The van der Waals surface area contributed by atoms with Crippen LogP contribution in [-0.4, -0.2) is 72.6 Å². The fourth-order valence-corrected chi connectivity index (χ4v) is 3.48. The van der Waals surface area contributed by atoms with Crippen molar-refractivity contribution < 1.29 is 23.9 Å². The Balaban J connectivity index is 1.66. The van der Waals surface area contributed by atoms with Crippen LogP contribution in [0.5, 0.6) is 5.75 Å². The average Bonchev–Trinajstić information content (AvgIpc) is 2.97. The van der Waals surface area contributed by atoms with Crippen LogP contribution in [-0.2, 0) is 14.3 Å². The molecule has 1 aromatic carbocycles. The van der Waals surface area contributed by atoms with Crippen LogP contribution in [0.25, 0.3) is 0 Å². The van der Waals surface area contributed by atoms with Crippen molar-refractivity contribution in [2.24, 2.45) is 0 Å². The highest BCUT2D eigenvalue weighted by atomic mass is 35.5. The van der Waals surface area contributed by atoms with Crippen molar-refractivity contribution >= 4 is 29.5 Å². The third-order valence-corrected chi connectivity index (χ3v) is 5.15. The van der Waals surface area contributed by atoms with Crippen LogP contribution in [0.1, 0.15) is 46.5 Å². The van der Waals surface area contributed by atoms with E-state index in [-0.39, 0.29) is 24.8 Å². The molecule has 1 aliphatic heterocycles. The van der Waals surface area contributed by atoms with Crippen LogP contribution >= 0.6 is 11.6 Å². The van der Waals surface area contributed by atoms with Gasteiger partial charge >= 0.3 is 6.09 Å². The van der Waals surface area contributed by atoms with Gasteiger partial charge in [-0.15, -0.1) is 0 Å². The third kappa shape index (κ3) is 9.34.